The number of rotatable bonds is 8. The Labute approximate surface area is 170 Å². The van der Waals surface area contributed by atoms with E-state index in [1.165, 1.54) is 41.4 Å². The maximum atomic E-state index is 12.0. The van der Waals surface area contributed by atoms with Crippen LogP contribution in [0.3, 0.4) is 0 Å². The van der Waals surface area contributed by atoms with E-state index >= 15 is 0 Å². The van der Waals surface area contributed by atoms with E-state index in [0.29, 0.717) is 5.69 Å². The number of nitrogens with zero attached hydrogens (tertiary/aromatic N) is 1. The van der Waals surface area contributed by atoms with Gasteiger partial charge in [0, 0.05) is 30.2 Å². The summed E-state index contributed by atoms with van der Waals surface area (Å²) in [6, 6.07) is 16.0. The number of ether oxygens (including phenoxy) is 1. The third-order valence-electron chi connectivity index (χ3n) is 4.60. The third kappa shape index (κ3) is 6.30. The Hall–Kier alpha value is -2.47. The highest BCUT2D eigenvalue weighted by Crippen LogP contribution is 2.22. The summed E-state index contributed by atoms with van der Waals surface area (Å²) < 4.78 is 5.06. The molecule has 1 aliphatic heterocycles. The molecular weight excluding hydrogens is 372 g/mol. The van der Waals surface area contributed by atoms with Gasteiger partial charge in [-0.05, 0) is 49.6 Å². The van der Waals surface area contributed by atoms with Crippen LogP contribution in [0.4, 0.5) is 11.4 Å². The highest BCUT2D eigenvalue weighted by molar-refractivity contribution is 7.99. The average molecular weight is 399 g/mol. The molecule has 1 fully saturated rings. The van der Waals surface area contributed by atoms with Gasteiger partial charge in [0.1, 0.15) is 0 Å². The van der Waals surface area contributed by atoms with E-state index in [4.69, 9.17) is 4.74 Å². The van der Waals surface area contributed by atoms with Gasteiger partial charge in [0.25, 0.3) is 5.91 Å². The summed E-state index contributed by atoms with van der Waals surface area (Å²) >= 11 is 1.48. The molecule has 0 aromatic heterocycles. The highest BCUT2D eigenvalue weighted by atomic mass is 32.2. The molecule has 5 nitrogen and oxygen atoms in total. The molecule has 0 radical (unpaired) electrons. The van der Waals surface area contributed by atoms with Gasteiger partial charge in [0.2, 0.25) is 0 Å². The van der Waals surface area contributed by atoms with E-state index in [1.807, 2.05) is 31.2 Å². The van der Waals surface area contributed by atoms with Gasteiger partial charge in [0.05, 0.1) is 5.75 Å². The first-order valence-corrected chi connectivity index (χ1v) is 10.7. The minimum Gasteiger partial charge on any atom is -0.455 e. The molecule has 1 amide bonds. The van der Waals surface area contributed by atoms with E-state index in [9.17, 15) is 9.59 Å². The normalized spacial score (nSPS) is 13.4. The molecular formula is C22H26N2O3S. The molecule has 28 heavy (non-hydrogen) atoms. The van der Waals surface area contributed by atoms with Gasteiger partial charge in [-0.1, -0.05) is 29.8 Å². The van der Waals surface area contributed by atoms with Gasteiger partial charge in [-0.25, -0.2) is 0 Å². The van der Waals surface area contributed by atoms with Gasteiger partial charge in [-0.15, -0.1) is 11.8 Å². The topological polar surface area (TPSA) is 58.6 Å². The summed E-state index contributed by atoms with van der Waals surface area (Å²) in [4.78, 5) is 26.1. The first-order chi connectivity index (χ1) is 13.6. The molecule has 0 unspecified atom stereocenters. The first-order valence-electron chi connectivity index (χ1n) is 9.54. The number of thioether (sulfide) groups is 1. The summed E-state index contributed by atoms with van der Waals surface area (Å²) in [6.45, 7) is 3.95. The van der Waals surface area contributed by atoms with Crippen molar-refractivity contribution in [2.75, 3.05) is 35.7 Å². The number of carbonyl (C=O) groups is 2. The smallest absolute Gasteiger partial charge is 0.316 e. The fourth-order valence-electron chi connectivity index (χ4n) is 3.05. The van der Waals surface area contributed by atoms with Crippen LogP contribution in [0.5, 0.6) is 0 Å². The fraction of sp³-hybridized carbons (Fsp3) is 0.364. The van der Waals surface area contributed by atoms with Crippen LogP contribution < -0.4 is 10.2 Å². The van der Waals surface area contributed by atoms with Crippen LogP contribution in [0, 0.1) is 6.92 Å². The SMILES string of the molecule is Cc1ccc(CSCC(=O)OCC(=O)Nc2ccc(N3CCCC3)cc2)cc1. The lowest BCUT2D eigenvalue weighted by atomic mass is 10.2. The van der Waals surface area contributed by atoms with Crippen LogP contribution in [0.2, 0.25) is 0 Å². The first kappa shape index (κ1) is 20.3. The molecule has 2 aromatic rings. The maximum absolute atomic E-state index is 12.0. The predicted molar refractivity (Wildman–Crippen MR) is 115 cm³/mol. The Morgan fingerprint density at radius 1 is 1.04 bits per heavy atom. The molecule has 1 heterocycles. The van der Waals surface area contributed by atoms with Crippen molar-refractivity contribution in [3.63, 3.8) is 0 Å². The molecule has 0 aliphatic carbocycles. The molecule has 0 atom stereocenters. The van der Waals surface area contributed by atoms with E-state index in [1.54, 1.807) is 0 Å². The Kier molecular flexibility index (Phi) is 7.37. The quantitative estimate of drug-likeness (QED) is 0.681. The van der Waals surface area contributed by atoms with Gasteiger partial charge in [-0.3, -0.25) is 9.59 Å². The molecule has 1 saturated heterocycles. The third-order valence-corrected chi connectivity index (χ3v) is 5.57. The van der Waals surface area contributed by atoms with Crippen molar-refractivity contribution in [3.8, 4) is 0 Å². The van der Waals surface area contributed by atoms with Crippen molar-refractivity contribution >= 4 is 35.0 Å². The zero-order valence-corrected chi connectivity index (χ0v) is 17.0. The van der Waals surface area contributed by atoms with Gasteiger partial charge < -0.3 is 15.0 Å². The monoisotopic (exact) mass is 398 g/mol. The van der Waals surface area contributed by atoms with Gasteiger partial charge in [-0.2, -0.15) is 0 Å². The van der Waals surface area contributed by atoms with Crippen LogP contribution >= 0.6 is 11.8 Å². The van der Waals surface area contributed by atoms with Crippen molar-refractivity contribution in [2.45, 2.75) is 25.5 Å². The Bertz CT molecular complexity index is 784. The van der Waals surface area contributed by atoms with E-state index in [2.05, 4.69) is 34.5 Å². The molecule has 148 valence electrons. The lowest BCUT2D eigenvalue weighted by molar-refractivity contribution is -0.144. The molecule has 2 aromatic carbocycles. The minimum atomic E-state index is -0.378. The number of carbonyl (C=O) groups excluding carboxylic acids is 2. The zero-order valence-electron chi connectivity index (χ0n) is 16.1. The average Bonchev–Trinajstić information content (AvgIpc) is 3.23. The Balaban J connectivity index is 1.34. The number of anilines is 2. The largest absolute Gasteiger partial charge is 0.455 e. The molecule has 0 spiro atoms. The van der Waals surface area contributed by atoms with Crippen LogP contribution in [-0.2, 0) is 20.1 Å². The number of aryl methyl sites for hydroxylation is 1. The van der Waals surface area contributed by atoms with Gasteiger partial charge >= 0.3 is 5.97 Å². The summed E-state index contributed by atoms with van der Waals surface area (Å²) in [7, 11) is 0. The van der Waals surface area contributed by atoms with Crippen LogP contribution in [0.1, 0.15) is 24.0 Å². The minimum absolute atomic E-state index is 0.228. The summed E-state index contributed by atoms with van der Waals surface area (Å²) in [6.07, 6.45) is 2.46. The van der Waals surface area contributed by atoms with Crippen molar-refractivity contribution in [1.29, 1.82) is 0 Å². The van der Waals surface area contributed by atoms with Crippen molar-refractivity contribution in [2.24, 2.45) is 0 Å². The summed E-state index contributed by atoms with van der Waals surface area (Å²) in [5.74, 6) is 0.263. The molecule has 3 rings (SSSR count). The van der Waals surface area contributed by atoms with Crippen molar-refractivity contribution in [1.82, 2.24) is 0 Å². The molecule has 6 heteroatoms. The summed E-state index contributed by atoms with van der Waals surface area (Å²) in [5, 5.41) is 2.76. The number of nitrogens with one attached hydrogen (secondary N) is 1. The molecule has 1 N–H and O–H groups in total. The highest BCUT2D eigenvalue weighted by Gasteiger charge is 2.12. The second kappa shape index (κ2) is 10.2. The zero-order chi connectivity index (χ0) is 19.8. The van der Waals surface area contributed by atoms with Crippen LogP contribution in [0.25, 0.3) is 0 Å². The van der Waals surface area contributed by atoms with Crippen molar-refractivity contribution in [3.05, 3.63) is 59.7 Å². The molecule has 0 saturated carbocycles. The molecule has 1 aliphatic rings. The van der Waals surface area contributed by atoms with E-state index in [-0.39, 0.29) is 24.2 Å². The van der Waals surface area contributed by atoms with Gasteiger partial charge in [0.15, 0.2) is 6.61 Å². The number of hydrogen-bond donors (Lipinski definition) is 1. The van der Waals surface area contributed by atoms with E-state index < -0.39 is 0 Å². The Morgan fingerprint density at radius 2 is 1.71 bits per heavy atom. The van der Waals surface area contributed by atoms with E-state index in [0.717, 1.165) is 18.8 Å². The lowest BCUT2D eigenvalue weighted by Crippen LogP contribution is -2.22. The van der Waals surface area contributed by atoms with Crippen molar-refractivity contribution < 1.29 is 14.3 Å². The second-order valence-corrected chi connectivity index (χ2v) is 7.91. The number of hydrogen-bond acceptors (Lipinski definition) is 5. The van der Waals surface area contributed by atoms with Crippen LogP contribution in [0.15, 0.2) is 48.5 Å². The predicted octanol–water partition coefficient (Wildman–Crippen LogP) is 4.01. The molecule has 0 bridgehead atoms. The van der Waals surface area contributed by atoms with Crippen LogP contribution in [-0.4, -0.2) is 37.3 Å². The maximum Gasteiger partial charge on any atom is 0.316 e. The second-order valence-electron chi connectivity index (χ2n) is 6.93. The number of amides is 1. The lowest BCUT2D eigenvalue weighted by Gasteiger charge is -2.17. The number of esters is 1. The summed E-state index contributed by atoms with van der Waals surface area (Å²) in [5.41, 5.74) is 4.26. The Morgan fingerprint density at radius 3 is 2.39 bits per heavy atom. The fourth-order valence-corrected chi connectivity index (χ4v) is 3.83. The standard InChI is InChI=1S/C22H26N2O3S/c1-17-4-6-18(7-5-17)15-28-16-22(26)27-14-21(25)23-19-8-10-20(11-9-19)24-12-2-3-13-24/h4-11H,2-3,12-16H2,1H3,(H,23,25). The number of benzene rings is 2.